The van der Waals surface area contributed by atoms with E-state index >= 15 is 0 Å². The van der Waals surface area contributed by atoms with Crippen molar-refractivity contribution in [3.05, 3.63) is 11.1 Å². The molecule has 21 heavy (non-hydrogen) atoms. The van der Waals surface area contributed by atoms with Gasteiger partial charge in [-0.2, -0.15) is 0 Å². The predicted molar refractivity (Wildman–Crippen MR) is 78.7 cm³/mol. The van der Waals surface area contributed by atoms with E-state index in [0.29, 0.717) is 11.3 Å². The normalized spacial score (nSPS) is 46.1. The number of hydrogen-bond acceptors (Lipinski definition) is 5. The highest BCUT2D eigenvalue weighted by Gasteiger charge is 2.66. The van der Waals surface area contributed by atoms with Gasteiger partial charge in [0.05, 0.1) is 12.7 Å². The van der Waals surface area contributed by atoms with Crippen LogP contribution in [-0.2, 0) is 4.84 Å². The van der Waals surface area contributed by atoms with Crippen LogP contribution in [0.3, 0.4) is 0 Å². The fourth-order valence-corrected chi connectivity index (χ4v) is 5.03. The number of hydrogen-bond donors (Lipinski definition) is 3. The molecule has 3 N–H and O–H groups in total. The summed E-state index contributed by atoms with van der Waals surface area (Å²) in [4.78, 5) is 4.82. The summed E-state index contributed by atoms with van der Waals surface area (Å²) in [5.74, 6) is 0.299. The summed E-state index contributed by atoms with van der Waals surface area (Å²) in [7, 11) is 1.44. The third kappa shape index (κ3) is 1.77. The maximum atomic E-state index is 10.7. The van der Waals surface area contributed by atoms with Gasteiger partial charge >= 0.3 is 0 Å². The van der Waals surface area contributed by atoms with E-state index in [-0.39, 0.29) is 23.9 Å². The summed E-state index contributed by atoms with van der Waals surface area (Å²) in [6, 6.07) is 0. The van der Waals surface area contributed by atoms with Crippen molar-refractivity contribution in [1.82, 2.24) is 0 Å². The average molecular weight is 295 g/mol. The van der Waals surface area contributed by atoms with E-state index in [4.69, 9.17) is 4.84 Å². The lowest BCUT2D eigenvalue weighted by Crippen LogP contribution is -2.63. The molecule has 5 atom stereocenters. The summed E-state index contributed by atoms with van der Waals surface area (Å²) < 4.78 is 0. The zero-order valence-electron chi connectivity index (χ0n) is 13.1. The molecule has 3 rings (SSSR count). The van der Waals surface area contributed by atoms with Crippen molar-refractivity contribution in [2.45, 2.75) is 45.8 Å². The molecule has 0 aliphatic heterocycles. The number of fused-ring (bicyclic) bond motifs is 3. The lowest BCUT2D eigenvalue weighted by atomic mass is 9.48. The molecule has 0 aromatic heterocycles. The summed E-state index contributed by atoms with van der Waals surface area (Å²) in [5, 5.41) is 34.9. The number of aliphatic hydroxyl groups is 3. The van der Waals surface area contributed by atoms with Crippen LogP contribution in [0.5, 0.6) is 0 Å². The molecule has 0 saturated heterocycles. The van der Waals surface area contributed by atoms with Crippen molar-refractivity contribution < 1.29 is 20.2 Å². The van der Waals surface area contributed by atoms with E-state index in [0.717, 1.165) is 18.4 Å². The molecule has 0 bridgehead atoms. The lowest BCUT2D eigenvalue weighted by molar-refractivity contribution is -0.0260. The van der Waals surface area contributed by atoms with Crippen molar-refractivity contribution in [2.75, 3.05) is 13.7 Å². The third-order valence-corrected chi connectivity index (χ3v) is 5.91. The first-order chi connectivity index (χ1) is 9.78. The van der Waals surface area contributed by atoms with Gasteiger partial charge in [-0.3, -0.25) is 0 Å². The molecule has 0 aromatic carbocycles. The molecular formula is C16H25NO4. The molecule has 2 fully saturated rings. The van der Waals surface area contributed by atoms with Gasteiger partial charge in [-0.25, -0.2) is 0 Å². The maximum Gasteiger partial charge on any atom is 0.113 e. The highest BCUT2D eigenvalue weighted by molar-refractivity contribution is 6.13. The molecule has 3 aliphatic carbocycles. The van der Waals surface area contributed by atoms with Crippen LogP contribution in [-0.4, -0.2) is 47.0 Å². The molecular weight excluding hydrogens is 270 g/mol. The fraction of sp³-hybridized carbons (Fsp3) is 0.812. The molecule has 0 unspecified atom stereocenters. The molecule has 5 nitrogen and oxygen atoms in total. The SMILES string of the molecule is CO/N=C1/C2=C(CO)[C@@H](O)[C@@H]3CC(C)(C)C[C@@H]3[C@@]2(C)[C@@H]1O. The van der Waals surface area contributed by atoms with E-state index in [2.05, 4.69) is 19.0 Å². The zero-order chi connectivity index (χ0) is 15.6. The number of aliphatic hydroxyl groups excluding tert-OH is 3. The summed E-state index contributed by atoms with van der Waals surface area (Å²) in [6.45, 7) is 6.23. The Morgan fingerprint density at radius 2 is 1.90 bits per heavy atom. The predicted octanol–water partition coefficient (Wildman–Crippen LogP) is 1.09. The Hall–Kier alpha value is -0.910. The van der Waals surface area contributed by atoms with Gasteiger partial charge < -0.3 is 20.2 Å². The second-order valence-corrected chi connectivity index (χ2v) is 7.69. The summed E-state index contributed by atoms with van der Waals surface area (Å²) >= 11 is 0. The van der Waals surface area contributed by atoms with Crippen LogP contribution in [0.25, 0.3) is 0 Å². The standard InChI is InChI=1S/C16H25NO4/c1-15(2)5-8-10(6-15)16(3)11(9(7-18)13(8)19)12(14(16)20)17-21-4/h8,10,13-14,18-20H,5-7H2,1-4H3/b17-12-/t8-,10+,13+,14-,16-/m1/s1. The lowest BCUT2D eigenvalue weighted by Gasteiger charge is -2.57. The average Bonchev–Trinajstić information content (AvgIpc) is 2.77. The number of nitrogens with zero attached hydrogens (tertiary/aromatic N) is 1. The Kier molecular flexibility index (Phi) is 3.24. The molecule has 0 radical (unpaired) electrons. The van der Waals surface area contributed by atoms with E-state index < -0.39 is 17.6 Å². The van der Waals surface area contributed by atoms with Crippen LogP contribution in [0.15, 0.2) is 16.3 Å². The minimum atomic E-state index is -0.692. The first-order valence-corrected chi connectivity index (χ1v) is 7.60. The maximum absolute atomic E-state index is 10.7. The van der Waals surface area contributed by atoms with Gasteiger partial charge in [-0.15, -0.1) is 0 Å². The second-order valence-electron chi connectivity index (χ2n) is 7.69. The molecule has 2 saturated carbocycles. The minimum absolute atomic E-state index is 0.0923. The fourth-order valence-electron chi connectivity index (χ4n) is 5.03. The topological polar surface area (TPSA) is 82.3 Å². The van der Waals surface area contributed by atoms with Gasteiger partial charge in [0, 0.05) is 5.41 Å². The molecule has 118 valence electrons. The van der Waals surface area contributed by atoms with Gasteiger partial charge in [0.1, 0.15) is 18.9 Å². The molecule has 0 heterocycles. The van der Waals surface area contributed by atoms with Crippen molar-refractivity contribution in [2.24, 2.45) is 27.8 Å². The molecule has 5 heteroatoms. The van der Waals surface area contributed by atoms with Crippen LogP contribution in [0, 0.1) is 22.7 Å². The Morgan fingerprint density at radius 3 is 2.48 bits per heavy atom. The van der Waals surface area contributed by atoms with Gasteiger partial charge in [-0.05, 0) is 41.2 Å². The Bertz CT molecular complexity index is 524. The van der Waals surface area contributed by atoms with Crippen molar-refractivity contribution in [1.29, 1.82) is 0 Å². The minimum Gasteiger partial charge on any atom is -0.399 e. The monoisotopic (exact) mass is 295 g/mol. The molecule has 0 amide bonds. The molecule has 0 spiro atoms. The van der Waals surface area contributed by atoms with Crippen LogP contribution in [0.1, 0.15) is 33.6 Å². The first kappa shape index (κ1) is 15.0. The van der Waals surface area contributed by atoms with Gasteiger partial charge in [-0.1, -0.05) is 25.9 Å². The van der Waals surface area contributed by atoms with Crippen molar-refractivity contribution in [3.63, 3.8) is 0 Å². The summed E-state index contributed by atoms with van der Waals surface area (Å²) in [6.07, 6.45) is 0.529. The third-order valence-electron chi connectivity index (χ3n) is 5.91. The number of rotatable bonds is 2. The van der Waals surface area contributed by atoms with Crippen LogP contribution in [0.4, 0.5) is 0 Å². The van der Waals surface area contributed by atoms with Gasteiger partial charge in [0.25, 0.3) is 0 Å². The summed E-state index contributed by atoms with van der Waals surface area (Å²) in [5.41, 5.74) is 1.59. The second kappa shape index (κ2) is 4.54. The van der Waals surface area contributed by atoms with E-state index in [1.165, 1.54) is 7.11 Å². The Balaban J connectivity index is 2.12. The van der Waals surface area contributed by atoms with Crippen molar-refractivity contribution in [3.8, 4) is 0 Å². The number of oxime groups is 1. The van der Waals surface area contributed by atoms with Crippen molar-refractivity contribution >= 4 is 5.71 Å². The smallest absolute Gasteiger partial charge is 0.113 e. The van der Waals surface area contributed by atoms with Crippen LogP contribution >= 0.6 is 0 Å². The Labute approximate surface area is 125 Å². The zero-order valence-corrected chi connectivity index (χ0v) is 13.1. The highest BCUT2D eigenvalue weighted by Crippen LogP contribution is 2.65. The first-order valence-electron chi connectivity index (χ1n) is 7.60. The Morgan fingerprint density at radius 1 is 1.24 bits per heavy atom. The van der Waals surface area contributed by atoms with Crippen LogP contribution < -0.4 is 0 Å². The molecule has 0 aromatic rings. The van der Waals surface area contributed by atoms with Gasteiger partial charge in [0.2, 0.25) is 0 Å². The highest BCUT2D eigenvalue weighted by atomic mass is 16.6. The van der Waals surface area contributed by atoms with Crippen LogP contribution in [0.2, 0.25) is 0 Å². The van der Waals surface area contributed by atoms with E-state index in [1.54, 1.807) is 0 Å². The van der Waals surface area contributed by atoms with E-state index in [9.17, 15) is 15.3 Å². The largest absolute Gasteiger partial charge is 0.399 e. The van der Waals surface area contributed by atoms with E-state index in [1.807, 2.05) is 6.92 Å². The molecule has 3 aliphatic rings. The van der Waals surface area contributed by atoms with Gasteiger partial charge in [0.15, 0.2) is 0 Å². The quantitative estimate of drug-likeness (QED) is 0.666.